The van der Waals surface area contributed by atoms with Crippen molar-refractivity contribution in [3.63, 3.8) is 0 Å². The molecule has 0 radical (unpaired) electrons. The Morgan fingerprint density at radius 3 is 2.42 bits per heavy atom. The van der Waals surface area contributed by atoms with Gasteiger partial charge in [0.2, 0.25) is 0 Å². The van der Waals surface area contributed by atoms with Crippen LogP contribution in [0.25, 0.3) is 0 Å². The van der Waals surface area contributed by atoms with Crippen LogP contribution in [0, 0.1) is 23.2 Å². The molecule has 240 valence electrons. The zero-order valence-corrected chi connectivity index (χ0v) is 27.5. The minimum absolute atomic E-state index is 0.0413. The molecule has 2 aromatic carbocycles. The average Bonchev–Trinajstić information content (AvgIpc) is 3.50. The Morgan fingerprint density at radius 1 is 0.978 bits per heavy atom. The smallest absolute Gasteiger partial charge is 0.255 e. The van der Waals surface area contributed by atoms with Crippen LogP contribution in [0.3, 0.4) is 0 Å². The topological polar surface area (TPSA) is 60.8 Å². The van der Waals surface area contributed by atoms with Crippen LogP contribution in [0.1, 0.15) is 89.2 Å². The van der Waals surface area contributed by atoms with Gasteiger partial charge < -0.3 is 15.1 Å². The fourth-order valence-electron chi connectivity index (χ4n) is 9.73. The lowest BCUT2D eigenvalue weighted by molar-refractivity contribution is -0.143. The number of aliphatic hydroxyl groups is 2. The summed E-state index contributed by atoms with van der Waals surface area (Å²) in [6, 6.07) is 20.4. The lowest BCUT2D eigenvalue weighted by atomic mass is 9.60. The number of benzene rings is 2. The number of fused-ring (bicyclic) bond motifs is 1. The number of hydrogen-bond donors (Lipinski definition) is 2. The highest BCUT2D eigenvalue weighted by Gasteiger charge is 2.54. The fourth-order valence-corrected chi connectivity index (χ4v) is 9.73. The van der Waals surface area contributed by atoms with Gasteiger partial charge in [-0.1, -0.05) is 98.8 Å². The number of carbonyl (C=O) groups is 1. The van der Waals surface area contributed by atoms with Crippen LogP contribution in [0.4, 0.5) is 0 Å². The van der Waals surface area contributed by atoms with Crippen LogP contribution in [0.5, 0.6) is 0 Å². The molecular formula is C41H53NO3. The van der Waals surface area contributed by atoms with E-state index < -0.39 is 11.7 Å². The van der Waals surface area contributed by atoms with Crippen LogP contribution < -0.4 is 0 Å². The van der Waals surface area contributed by atoms with Crippen molar-refractivity contribution >= 4 is 5.91 Å². The molecule has 1 heterocycles. The van der Waals surface area contributed by atoms with Gasteiger partial charge >= 0.3 is 0 Å². The van der Waals surface area contributed by atoms with Crippen molar-refractivity contribution in [2.45, 2.75) is 109 Å². The molecule has 6 rings (SSSR count). The molecule has 3 saturated carbocycles. The van der Waals surface area contributed by atoms with Gasteiger partial charge in [0.1, 0.15) is 5.60 Å². The van der Waals surface area contributed by atoms with Crippen LogP contribution in [-0.4, -0.2) is 45.3 Å². The van der Waals surface area contributed by atoms with Gasteiger partial charge in [0.15, 0.2) is 0 Å². The Hall–Kier alpha value is -2.95. The third-order valence-electron chi connectivity index (χ3n) is 12.1. The normalized spacial score (nSPS) is 34.4. The van der Waals surface area contributed by atoms with E-state index in [9.17, 15) is 15.0 Å². The SMILES string of the molecule is C=C1/C(=C\C=C2/CCC[C@]3(C)[C@@H]([C@H](C)CC4CC(O)(Cc5ccccc5)C(=O)N4CCc4ccccc4)CC[C@@H]23)CCC[C@@H]1O. The molecule has 0 bridgehead atoms. The number of amides is 1. The maximum absolute atomic E-state index is 14.0. The fraction of sp³-hybridized carbons (Fsp3) is 0.537. The Balaban J connectivity index is 1.19. The van der Waals surface area contributed by atoms with E-state index in [0.29, 0.717) is 37.1 Å². The molecule has 2 unspecified atom stereocenters. The maximum atomic E-state index is 14.0. The first-order valence-electron chi connectivity index (χ1n) is 17.6. The van der Waals surface area contributed by atoms with Crippen molar-refractivity contribution in [3.8, 4) is 0 Å². The van der Waals surface area contributed by atoms with Crippen molar-refractivity contribution in [1.82, 2.24) is 4.90 Å². The number of aliphatic hydroxyl groups excluding tert-OH is 1. The van der Waals surface area contributed by atoms with E-state index in [2.05, 4.69) is 56.8 Å². The van der Waals surface area contributed by atoms with E-state index in [1.165, 1.54) is 36.8 Å². The van der Waals surface area contributed by atoms with Crippen molar-refractivity contribution in [2.24, 2.45) is 23.2 Å². The predicted octanol–water partition coefficient (Wildman–Crippen LogP) is 8.00. The summed E-state index contributed by atoms with van der Waals surface area (Å²) in [6.07, 6.45) is 15.8. The largest absolute Gasteiger partial charge is 0.388 e. The Morgan fingerprint density at radius 2 is 1.69 bits per heavy atom. The lowest BCUT2D eigenvalue weighted by Gasteiger charge is -2.45. The van der Waals surface area contributed by atoms with Gasteiger partial charge in [0.25, 0.3) is 5.91 Å². The van der Waals surface area contributed by atoms with Crippen molar-refractivity contribution < 1.29 is 15.0 Å². The van der Waals surface area contributed by atoms with Gasteiger partial charge in [0.05, 0.1) is 6.10 Å². The highest BCUT2D eigenvalue weighted by atomic mass is 16.3. The summed E-state index contributed by atoms with van der Waals surface area (Å²) in [5.41, 5.74) is 4.85. The molecule has 0 aromatic heterocycles. The van der Waals surface area contributed by atoms with Crippen LogP contribution in [-0.2, 0) is 17.6 Å². The standard InChI is InChI=1S/C41H53NO3/c1-29(36-21-22-37-34(17-11-24-40(36,37)3)20-19-33-16-10-18-38(43)30(33)2)26-35-28-41(45,27-32-14-8-5-9-15-32)39(44)42(35)25-23-31-12-6-4-7-13-31/h4-9,12-15,19-20,29,35-38,43,45H,2,10-11,16-18,21-28H2,1,3H3/b33-19-,34-20+/t29-,35?,36-,37+,38+,40-,41?/m1/s1. The highest BCUT2D eigenvalue weighted by molar-refractivity contribution is 5.88. The highest BCUT2D eigenvalue weighted by Crippen LogP contribution is 2.60. The molecule has 4 aliphatic rings. The van der Waals surface area contributed by atoms with Crippen molar-refractivity contribution in [3.05, 3.63) is 107 Å². The Bertz CT molecular complexity index is 1410. The van der Waals surface area contributed by atoms with E-state index in [4.69, 9.17) is 0 Å². The maximum Gasteiger partial charge on any atom is 0.255 e. The molecule has 2 aromatic rings. The van der Waals surface area contributed by atoms with Gasteiger partial charge in [-0.25, -0.2) is 0 Å². The third kappa shape index (κ3) is 6.65. The monoisotopic (exact) mass is 607 g/mol. The number of likely N-dealkylation sites (tertiary alicyclic amines) is 1. The van der Waals surface area contributed by atoms with E-state index in [0.717, 1.165) is 49.7 Å². The van der Waals surface area contributed by atoms with E-state index in [-0.39, 0.29) is 17.4 Å². The number of rotatable bonds is 9. The molecule has 7 atom stereocenters. The average molecular weight is 608 g/mol. The molecule has 3 aliphatic carbocycles. The molecule has 1 amide bonds. The lowest BCUT2D eigenvalue weighted by Crippen LogP contribution is -2.43. The quantitative estimate of drug-likeness (QED) is 0.304. The number of allylic oxidation sites excluding steroid dienone is 3. The summed E-state index contributed by atoms with van der Waals surface area (Å²) in [4.78, 5) is 16.0. The summed E-state index contributed by atoms with van der Waals surface area (Å²) in [5.74, 6) is 1.55. The molecule has 45 heavy (non-hydrogen) atoms. The molecule has 4 fully saturated rings. The molecule has 1 aliphatic heterocycles. The van der Waals surface area contributed by atoms with Crippen LogP contribution >= 0.6 is 0 Å². The summed E-state index contributed by atoms with van der Waals surface area (Å²) in [5, 5.41) is 22.2. The van der Waals surface area contributed by atoms with Gasteiger partial charge in [-0.3, -0.25) is 4.79 Å². The number of hydrogen-bond acceptors (Lipinski definition) is 3. The zero-order valence-electron chi connectivity index (χ0n) is 27.5. The summed E-state index contributed by atoms with van der Waals surface area (Å²) in [6.45, 7) is 9.78. The first kappa shape index (κ1) is 32.0. The molecule has 0 spiro atoms. The first-order chi connectivity index (χ1) is 21.7. The van der Waals surface area contributed by atoms with E-state index >= 15 is 0 Å². The van der Waals surface area contributed by atoms with Gasteiger partial charge in [-0.05, 0) is 110 Å². The zero-order chi connectivity index (χ0) is 31.6. The second kappa shape index (κ2) is 13.4. The van der Waals surface area contributed by atoms with Crippen LogP contribution in [0.2, 0.25) is 0 Å². The summed E-state index contributed by atoms with van der Waals surface area (Å²) >= 11 is 0. The number of nitrogens with zero attached hydrogens (tertiary/aromatic N) is 1. The summed E-state index contributed by atoms with van der Waals surface area (Å²) < 4.78 is 0. The Kier molecular flexibility index (Phi) is 9.54. The van der Waals surface area contributed by atoms with E-state index in [1.54, 1.807) is 5.57 Å². The predicted molar refractivity (Wildman–Crippen MR) is 182 cm³/mol. The third-order valence-corrected chi connectivity index (χ3v) is 12.1. The second-order valence-electron chi connectivity index (χ2n) is 15.0. The van der Waals surface area contributed by atoms with Gasteiger partial charge in [0, 0.05) is 25.4 Å². The first-order valence-corrected chi connectivity index (χ1v) is 17.6. The van der Waals surface area contributed by atoms with Gasteiger partial charge in [-0.2, -0.15) is 0 Å². The Labute approximate surface area is 270 Å². The second-order valence-corrected chi connectivity index (χ2v) is 15.0. The summed E-state index contributed by atoms with van der Waals surface area (Å²) in [7, 11) is 0. The van der Waals surface area contributed by atoms with Crippen molar-refractivity contribution in [1.29, 1.82) is 0 Å². The van der Waals surface area contributed by atoms with E-state index in [1.807, 2.05) is 41.3 Å². The molecule has 4 nitrogen and oxygen atoms in total. The molecule has 4 heteroatoms. The minimum Gasteiger partial charge on any atom is -0.388 e. The van der Waals surface area contributed by atoms with Crippen molar-refractivity contribution in [2.75, 3.05) is 6.54 Å². The molecule has 1 saturated heterocycles. The van der Waals surface area contributed by atoms with Crippen LogP contribution in [0.15, 0.2) is 96.1 Å². The van der Waals surface area contributed by atoms with Gasteiger partial charge in [-0.15, -0.1) is 0 Å². The molecule has 2 N–H and O–H groups in total. The number of carbonyl (C=O) groups excluding carboxylic acids is 1. The molecular weight excluding hydrogens is 554 g/mol. The minimum atomic E-state index is -1.35.